The lowest BCUT2D eigenvalue weighted by Crippen LogP contribution is -2.43. The van der Waals surface area contributed by atoms with E-state index >= 15 is 0 Å². The molecule has 0 amide bonds. The second-order valence-corrected chi connectivity index (χ2v) is 8.16. The van der Waals surface area contributed by atoms with Crippen LogP contribution in [0.3, 0.4) is 0 Å². The number of benzene rings is 1. The molecule has 2 rings (SSSR count). The fourth-order valence-corrected chi connectivity index (χ4v) is 4.56. The van der Waals surface area contributed by atoms with E-state index in [1.165, 1.54) is 21.5 Å². The molecule has 0 radical (unpaired) electrons. The van der Waals surface area contributed by atoms with E-state index in [0.29, 0.717) is 4.75 Å². The van der Waals surface area contributed by atoms with Gasteiger partial charge in [0.2, 0.25) is 0 Å². The number of hydrogen-bond donors (Lipinski definition) is 0. The van der Waals surface area contributed by atoms with Gasteiger partial charge in [0.15, 0.2) is 0 Å². The highest BCUT2D eigenvalue weighted by Crippen LogP contribution is 2.33. The van der Waals surface area contributed by atoms with Gasteiger partial charge < -0.3 is 4.90 Å². The van der Waals surface area contributed by atoms with E-state index in [4.69, 9.17) is 0 Å². The summed E-state index contributed by atoms with van der Waals surface area (Å²) >= 11 is 9.21. The van der Waals surface area contributed by atoms with Crippen LogP contribution in [0.2, 0.25) is 0 Å². The summed E-state index contributed by atoms with van der Waals surface area (Å²) < 4.78 is 1.56. The molecule has 1 heterocycles. The van der Waals surface area contributed by atoms with E-state index in [9.17, 15) is 0 Å². The van der Waals surface area contributed by atoms with Gasteiger partial charge in [-0.05, 0) is 31.5 Å². The number of hydrogen-bond acceptors (Lipinski definition) is 2. The zero-order valence-electron chi connectivity index (χ0n) is 10.2. The summed E-state index contributed by atoms with van der Waals surface area (Å²) in [6, 6.07) is 6.67. The summed E-state index contributed by atoms with van der Waals surface area (Å²) in [6.45, 7) is 6.92. The predicted molar refractivity (Wildman–Crippen MR) is 85.5 cm³/mol. The Hall–Kier alpha value is 0.330. The van der Waals surface area contributed by atoms with E-state index in [-0.39, 0.29) is 0 Å². The maximum Gasteiger partial charge on any atom is 0.0378 e. The number of anilines is 1. The molecular formula is C13H17Br2NS. The minimum Gasteiger partial charge on any atom is -0.369 e. The molecule has 1 aliphatic heterocycles. The molecule has 1 aromatic rings. The van der Waals surface area contributed by atoms with Gasteiger partial charge in [0.25, 0.3) is 0 Å². The first-order chi connectivity index (χ1) is 8.02. The minimum absolute atomic E-state index is 0.360. The highest BCUT2D eigenvalue weighted by Gasteiger charge is 2.27. The Labute approximate surface area is 125 Å². The van der Waals surface area contributed by atoms with Crippen molar-refractivity contribution in [1.82, 2.24) is 0 Å². The molecule has 1 aliphatic rings. The van der Waals surface area contributed by atoms with Gasteiger partial charge in [-0.15, -0.1) is 0 Å². The number of thioether (sulfide) groups is 1. The highest BCUT2D eigenvalue weighted by molar-refractivity contribution is 9.10. The normalized spacial score (nSPS) is 19.4. The van der Waals surface area contributed by atoms with Crippen molar-refractivity contribution in [2.24, 2.45) is 0 Å². The monoisotopic (exact) mass is 377 g/mol. The van der Waals surface area contributed by atoms with E-state index in [1.807, 2.05) is 0 Å². The van der Waals surface area contributed by atoms with Gasteiger partial charge in [-0.25, -0.2) is 0 Å². The Morgan fingerprint density at radius 3 is 2.76 bits per heavy atom. The minimum atomic E-state index is 0.360. The Morgan fingerprint density at radius 1 is 1.41 bits per heavy atom. The van der Waals surface area contributed by atoms with Gasteiger partial charge in [0.05, 0.1) is 0 Å². The van der Waals surface area contributed by atoms with Crippen molar-refractivity contribution in [3.8, 4) is 0 Å². The first-order valence-corrected chi connectivity index (χ1v) is 8.65. The first kappa shape index (κ1) is 13.8. The van der Waals surface area contributed by atoms with Crippen molar-refractivity contribution in [3.63, 3.8) is 0 Å². The third-order valence-corrected chi connectivity index (χ3v) is 5.61. The van der Waals surface area contributed by atoms with Crippen molar-refractivity contribution in [3.05, 3.63) is 28.2 Å². The number of halogens is 2. The average molecular weight is 379 g/mol. The smallest absolute Gasteiger partial charge is 0.0378 e. The summed E-state index contributed by atoms with van der Waals surface area (Å²) in [5.41, 5.74) is 2.63. The third-order valence-electron chi connectivity index (χ3n) is 2.97. The second kappa shape index (κ2) is 5.54. The zero-order chi connectivity index (χ0) is 12.5. The molecule has 1 fully saturated rings. The zero-order valence-corrected chi connectivity index (χ0v) is 14.2. The van der Waals surface area contributed by atoms with Crippen LogP contribution in [0.15, 0.2) is 22.7 Å². The van der Waals surface area contributed by atoms with Gasteiger partial charge in [-0.2, -0.15) is 11.8 Å². The molecule has 0 atom stereocenters. The molecule has 0 aliphatic carbocycles. The molecule has 1 saturated heterocycles. The van der Waals surface area contributed by atoms with Crippen LogP contribution in [0, 0.1) is 0 Å². The van der Waals surface area contributed by atoms with Crippen LogP contribution in [0.25, 0.3) is 0 Å². The van der Waals surface area contributed by atoms with Crippen LogP contribution in [0.1, 0.15) is 19.4 Å². The topological polar surface area (TPSA) is 3.24 Å². The second-order valence-electron chi connectivity index (χ2n) is 4.94. The molecule has 1 nitrogen and oxygen atoms in total. The standard InChI is InChI=1S/C13H17Br2NS/c1-13(2)9-16(5-6-17-13)11-4-3-10(8-14)12(15)7-11/h3-4,7H,5-6,8-9H2,1-2H3. The number of rotatable bonds is 2. The quantitative estimate of drug-likeness (QED) is 0.687. The van der Waals surface area contributed by atoms with Crippen LogP contribution < -0.4 is 4.90 Å². The fraction of sp³-hybridized carbons (Fsp3) is 0.538. The van der Waals surface area contributed by atoms with Gasteiger partial charge in [0.1, 0.15) is 0 Å². The molecule has 0 saturated carbocycles. The van der Waals surface area contributed by atoms with Crippen LogP contribution in [0.5, 0.6) is 0 Å². The third kappa shape index (κ3) is 3.42. The molecule has 94 valence electrons. The molecule has 0 unspecified atom stereocenters. The summed E-state index contributed by atoms with van der Waals surface area (Å²) in [5, 5.41) is 0.898. The largest absolute Gasteiger partial charge is 0.369 e. The molecular weight excluding hydrogens is 362 g/mol. The lowest BCUT2D eigenvalue weighted by atomic mass is 10.1. The average Bonchev–Trinajstić information content (AvgIpc) is 2.27. The van der Waals surface area contributed by atoms with E-state index < -0.39 is 0 Å². The maximum absolute atomic E-state index is 3.64. The molecule has 17 heavy (non-hydrogen) atoms. The molecule has 0 N–H and O–H groups in total. The Bertz CT molecular complexity index is 406. The van der Waals surface area contributed by atoms with Crippen molar-refractivity contribution >= 4 is 49.3 Å². The van der Waals surface area contributed by atoms with Crippen LogP contribution >= 0.6 is 43.6 Å². The lowest BCUT2D eigenvalue weighted by Gasteiger charge is -2.39. The first-order valence-electron chi connectivity index (χ1n) is 5.75. The molecule has 1 aromatic carbocycles. The summed E-state index contributed by atoms with van der Waals surface area (Å²) in [6.07, 6.45) is 0. The van der Waals surface area contributed by atoms with E-state index in [1.54, 1.807) is 0 Å². The summed E-state index contributed by atoms with van der Waals surface area (Å²) in [4.78, 5) is 2.49. The number of alkyl halides is 1. The van der Waals surface area contributed by atoms with Gasteiger partial charge in [-0.3, -0.25) is 0 Å². The molecule has 4 heteroatoms. The van der Waals surface area contributed by atoms with Crippen molar-refractivity contribution < 1.29 is 0 Å². The predicted octanol–water partition coefficient (Wildman–Crippen LogP) is 4.68. The van der Waals surface area contributed by atoms with E-state index in [2.05, 4.69) is 80.6 Å². The van der Waals surface area contributed by atoms with Gasteiger partial charge in [0, 0.05) is 39.1 Å². The van der Waals surface area contributed by atoms with Crippen LogP contribution in [-0.4, -0.2) is 23.6 Å². The molecule has 0 aromatic heterocycles. The Balaban J connectivity index is 2.19. The SMILES string of the molecule is CC1(C)CN(c2ccc(CBr)c(Br)c2)CCS1. The van der Waals surface area contributed by atoms with E-state index in [0.717, 1.165) is 18.4 Å². The van der Waals surface area contributed by atoms with Crippen molar-refractivity contribution in [2.45, 2.75) is 23.9 Å². The van der Waals surface area contributed by atoms with Crippen molar-refractivity contribution in [2.75, 3.05) is 23.7 Å². The summed E-state index contributed by atoms with van der Waals surface area (Å²) in [5.74, 6) is 1.21. The fourth-order valence-electron chi connectivity index (χ4n) is 2.08. The number of nitrogens with zero attached hydrogens (tertiary/aromatic N) is 1. The summed E-state index contributed by atoms with van der Waals surface area (Å²) in [7, 11) is 0. The van der Waals surface area contributed by atoms with Gasteiger partial charge in [-0.1, -0.05) is 37.9 Å². The van der Waals surface area contributed by atoms with Crippen LogP contribution in [-0.2, 0) is 5.33 Å². The van der Waals surface area contributed by atoms with Crippen LogP contribution in [0.4, 0.5) is 5.69 Å². The maximum atomic E-state index is 3.64. The lowest BCUT2D eigenvalue weighted by molar-refractivity contribution is 0.647. The Morgan fingerprint density at radius 2 is 2.18 bits per heavy atom. The molecule has 0 spiro atoms. The Kier molecular flexibility index (Phi) is 4.48. The highest BCUT2D eigenvalue weighted by atomic mass is 79.9. The molecule has 0 bridgehead atoms. The van der Waals surface area contributed by atoms with Gasteiger partial charge >= 0.3 is 0 Å². The van der Waals surface area contributed by atoms with Crippen molar-refractivity contribution in [1.29, 1.82) is 0 Å².